The van der Waals surface area contributed by atoms with Crippen LogP contribution >= 0.6 is 0 Å². The number of amides is 1. The Labute approximate surface area is 168 Å². The van der Waals surface area contributed by atoms with Crippen molar-refractivity contribution in [2.75, 3.05) is 32.8 Å². The first-order valence-electron chi connectivity index (χ1n) is 9.57. The first kappa shape index (κ1) is 19.1. The summed E-state index contributed by atoms with van der Waals surface area (Å²) >= 11 is 0. The molecule has 1 fully saturated rings. The van der Waals surface area contributed by atoms with Gasteiger partial charge in [0.2, 0.25) is 0 Å². The van der Waals surface area contributed by atoms with Gasteiger partial charge in [0.25, 0.3) is 5.91 Å². The van der Waals surface area contributed by atoms with Crippen LogP contribution in [0.1, 0.15) is 5.76 Å². The Kier molecular flexibility index (Phi) is 5.86. The summed E-state index contributed by atoms with van der Waals surface area (Å²) in [5, 5.41) is 4.15. The maximum absolute atomic E-state index is 12.9. The molecular weight excluding hydrogens is 373 g/mol. The molecule has 1 aliphatic heterocycles. The van der Waals surface area contributed by atoms with Crippen LogP contribution in [0.25, 0.3) is 11.3 Å². The van der Waals surface area contributed by atoms with Crippen LogP contribution in [0.4, 0.5) is 4.39 Å². The molecule has 1 aromatic heterocycles. The van der Waals surface area contributed by atoms with Crippen molar-refractivity contribution in [1.82, 2.24) is 15.0 Å². The molecule has 4 rings (SSSR count). The van der Waals surface area contributed by atoms with Crippen molar-refractivity contribution >= 4 is 5.91 Å². The first-order valence-corrected chi connectivity index (χ1v) is 9.57. The van der Waals surface area contributed by atoms with E-state index in [1.54, 1.807) is 4.90 Å². The number of ether oxygens (including phenoxy) is 1. The average Bonchev–Trinajstić information content (AvgIpc) is 3.23. The standard InChI is InChI=1S/C22H22FN3O3/c23-18-6-8-19(9-7-18)28-16-22(27)26-12-10-25(11-13-26)15-20-14-21(24-29-20)17-4-2-1-3-5-17/h1-9,14H,10-13,15-16H2. The molecule has 0 bridgehead atoms. The summed E-state index contributed by atoms with van der Waals surface area (Å²) in [6, 6.07) is 17.5. The smallest absolute Gasteiger partial charge is 0.260 e. The van der Waals surface area contributed by atoms with Gasteiger partial charge in [-0.15, -0.1) is 0 Å². The molecule has 29 heavy (non-hydrogen) atoms. The van der Waals surface area contributed by atoms with E-state index >= 15 is 0 Å². The highest BCUT2D eigenvalue weighted by Crippen LogP contribution is 2.20. The van der Waals surface area contributed by atoms with Crippen LogP contribution in [0.3, 0.4) is 0 Å². The molecule has 0 saturated carbocycles. The molecule has 2 aromatic carbocycles. The third-order valence-corrected chi connectivity index (χ3v) is 4.91. The zero-order valence-corrected chi connectivity index (χ0v) is 16.0. The van der Waals surface area contributed by atoms with E-state index in [0.29, 0.717) is 25.4 Å². The van der Waals surface area contributed by atoms with Crippen LogP contribution in [0.2, 0.25) is 0 Å². The molecule has 1 aliphatic rings. The summed E-state index contributed by atoms with van der Waals surface area (Å²) < 4.78 is 23.8. The van der Waals surface area contributed by atoms with E-state index in [2.05, 4.69) is 10.1 Å². The topological polar surface area (TPSA) is 58.8 Å². The van der Waals surface area contributed by atoms with Crippen molar-refractivity contribution in [3.8, 4) is 17.0 Å². The number of benzene rings is 2. The minimum Gasteiger partial charge on any atom is -0.484 e. The quantitative estimate of drug-likeness (QED) is 0.642. The summed E-state index contributed by atoms with van der Waals surface area (Å²) in [6.45, 7) is 3.38. The molecule has 150 valence electrons. The predicted octanol–water partition coefficient (Wildman–Crippen LogP) is 3.20. The Morgan fingerprint density at radius 2 is 1.76 bits per heavy atom. The number of nitrogens with zero attached hydrogens (tertiary/aromatic N) is 3. The second-order valence-electron chi connectivity index (χ2n) is 6.94. The molecule has 1 amide bonds. The highest BCUT2D eigenvalue weighted by Gasteiger charge is 2.22. The summed E-state index contributed by atoms with van der Waals surface area (Å²) in [5.74, 6) is 0.892. The molecule has 6 nitrogen and oxygen atoms in total. The Morgan fingerprint density at radius 3 is 2.48 bits per heavy atom. The van der Waals surface area contributed by atoms with E-state index in [-0.39, 0.29) is 18.3 Å². The van der Waals surface area contributed by atoms with Gasteiger partial charge in [-0.3, -0.25) is 9.69 Å². The second kappa shape index (κ2) is 8.87. The minimum atomic E-state index is -0.331. The van der Waals surface area contributed by atoms with Crippen LogP contribution in [-0.2, 0) is 11.3 Å². The molecule has 0 N–H and O–H groups in total. The van der Waals surface area contributed by atoms with Crippen molar-refractivity contribution < 1.29 is 18.4 Å². The van der Waals surface area contributed by atoms with Gasteiger partial charge in [0.15, 0.2) is 12.4 Å². The van der Waals surface area contributed by atoms with Crippen molar-refractivity contribution in [2.45, 2.75) is 6.54 Å². The fraction of sp³-hybridized carbons (Fsp3) is 0.273. The van der Waals surface area contributed by atoms with Gasteiger partial charge in [0, 0.05) is 37.8 Å². The number of hydrogen-bond acceptors (Lipinski definition) is 5. The normalized spacial score (nSPS) is 14.7. The van der Waals surface area contributed by atoms with Gasteiger partial charge in [-0.05, 0) is 24.3 Å². The molecule has 1 saturated heterocycles. The van der Waals surface area contributed by atoms with E-state index in [9.17, 15) is 9.18 Å². The Bertz CT molecular complexity index is 935. The molecule has 0 spiro atoms. The highest BCUT2D eigenvalue weighted by molar-refractivity contribution is 5.77. The molecule has 0 unspecified atom stereocenters. The van der Waals surface area contributed by atoms with E-state index in [4.69, 9.17) is 9.26 Å². The third kappa shape index (κ3) is 5.00. The number of aromatic nitrogens is 1. The van der Waals surface area contributed by atoms with E-state index in [1.165, 1.54) is 24.3 Å². The summed E-state index contributed by atoms with van der Waals surface area (Å²) in [7, 11) is 0. The van der Waals surface area contributed by atoms with Gasteiger partial charge in [0.1, 0.15) is 17.3 Å². The largest absolute Gasteiger partial charge is 0.484 e. The first-order chi connectivity index (χ1) is 14.2. The number of carbonyl (C=O) groups is 1. The lowest BCUT2D eigenvalue weighted by molar-refractivity contribution is -0.135. The maximum Gasteiger partial charge on any atom is 0.260 e. The van der Waals surface area contributed by atoms with Crippen LogP contribution in [0.15, 0.2) is 65.2 Å². The third-order valence-electron chi connectivity index (χ3n) is 4.91. The molecular formula is C22H22FN3O3. The predicted molar refractivity (Wildman–Crippen MR) is 106 cm³/mol. The molecule has 3 aromatic rings. The lowest BCUT2D eigenvalue weighted by atomic mass is 10.1. The van der Waals surface area contributed by atoms with Gasteiger partial charge in [-0.1, -0.05) is 35.5 Å². The van der Waals surface area contributed by atoms with E-state index in [1.807, 2.05) is 36.4 Å². The van der Waals surface area contributed by atoms with Gasteiger partial charge in [-0.25, -0.2) is 4.39 Å². The minimum absolute atomic E-state index is 0.0474. The number of hydrogen-bond donors (Lipinski definition) is 0. The van der Waals surface area contributed by atoms with Crippen molar-refractivity contribution in [3.63, 3.8) is 0 Å². The average molecular weight is 395 g/mol. The zero-order valence-electron chi connectivity index (χ0n) is 16.0. The lowest BCUT2D eigenvalue weighted by Crippen LogP contribution is -2.49. The van der Waals surface area contributed by atoms with Crippen LogP contribution in [0.5, 0.6) is 5.75 Å². The number of carbonyl (C=O) groups excluding carboxylic acids is 1. The van der Waals surface area contributed by atoms with Crippen LogP contribution < -0.4 is 4.74 Å². The SMILES string of the molecule is O=C(COc1ccc(F)cc1)N1CCN(Cc2cc(-c3ccccc3)no2)CC1. The van der Waals surface area contributed by atoms with Crippen LogP contribution in [-0.4, -0.2) is 53.6 Å². The molecule has 0 atom stereocenters. The van der Waals surface area contributed by atoms with Gasteiger partial charge in [0.05, 0.1) is 6.54 Å². The molecule has 7 heteroatoms. The second-order valence-corrected chi connectivity index (χ2v) is 6.94. The van der Waals surface area contributed by atoms with Crippen molar-refractivity contribution in [3.05, 3.63) is 72.2 Å². The summed E-state index contributed by atoms with van der Waals surface area (Å²) in [6.07, 6.45) is 0. The molecule has 0 radical (unpaired) electrons. The summed E-state index contributed by atoms with van der Waals surface area (Å²) in [5.41, 5.74) is 1.85. The molecule has 2 heterocycles. The number of halogens is 1. The fourth-order valence-corrected chi connectivity index (χ4v) is 3.28. The fourth-order valence-electron chi connectivity index (χ4n) is 3.28. The Hall–Kier alpha value is -3.19. The van der Waals surface area contributed by atoms with Gasteiger partial charge < -0.3 is 14.2 Å². The Balaban J connectivity index is 1.23. The van der Waals surface area contributed by atoms with E-state index in [0.717, 1.165) is 30.1 Å². The number of rotatable bonds is 6. The lowest BCUT2D eigenvalue weighted by Gasteiger charge is -2.34. The maximum atomic E-state index is 12.9. The Morgan fingerprint density at radius 1 is 1.03 bits per heavy atom. The highest BCUT2D eigenvalue weighted by atomic mass is 19.1. The number of piperazine rings is 1. The zero-order chi connectivity index (χ0) is 20.1. The van der Waals surface area contributed by atoms with Crippen LogP contribution in [0, 0.1) is 5.82 Å². The summed E-state index contributed by atoms with van der Waals surface area (Å²) in [4.78, 5) is 16.4. The molecule has 0 aliphatic carbocycles. The van der Waals surface area contributed by atoms with Gasteiger partial charge >= 0.3 is 0 Å². The van der Waals surface area contributed by atoms with Crippen molar-refractivity contribution in [1.29, 1.82) is 0 Å². The monoisotopic (exact) mass is 395 g/mol. The van der Waals surface area contributed by atoms with Crippen molar-refractivity contribution in [2.24, 2.45) is 0 Å². The van der Waals surface area contributed by atoms with E-state index < -0.39 is 0 Å². The van der Waals surface area contributed by atoms with Gasteiger partial charge in [-0.2, -0.15) is 0 Å².